The summed E-state index contributed by atoms with van der Waals surface area (Å²) in [4.78, 5) is 4.38. The Labute approximate surface area is 172 Å². The van der Waals surface area contributed by atoms with Crippen molar-refractivity contribution in [2.75, 3.05) is 0 Å². The van der Waals surface area contributed by atoms with Crippen molar-refractivity contribution < 1.29 is 0 Å². The Kier molecular flexibility index (Phi) is 4.73. The van der Waals surface area contributed by atoms with Crippen LogP contribution >= 0.6 is 0 Å². The van der Waals surface area contributed by atoms with Gasteiger partial charge in [-0.2, -0.15) is 0 Å². The second kappa shape index (κ2) is 7.67. The van der Waals surface area contributed by atoms with E-state index >= 15 is 0 Å². The van der Waals surface area contributed by atoms with E-state index in [-0.39, 0.29) is 0 Å². The molecule has 1 nitrogen and oxygen atoms in total. The first-order valence-electron chi connectivity index (χ1n) is 10.5. The topological polar surface area (TPSA) is 12.9 Å². The van der Waals surface area contributed by atoms with Crippen LogP contribution in [0.15, 0.2) is 84.9 Å². The molecule has 4 aromatic carbocycles. The molecule has 0 unspecified atom stereocenters. The van der Waals surface area contributed by atoms with Crippen molar-refractivity contribution in [1.29, 1.82) is 0 Å². The van der Waals surface area contributed by atoms with E-state index in [1.165, 1.54) is 52.6 Å². The zero-order valence-electron chi connectivity index (χ0n) is 16.9. The fourth-order valence-electron chi connectivity index (χ4n) is 4.51. The second-order valence-corrected chi connectivity index (χ2v) is 7.94. The standard InChI is InChI=1S/C18H16.C10H9N/c1-3-7-15-13(5-1)9-11-18-16-8-4-2-6-14(16)10-12-17(15)18;1-8-6-7-9-4-2-3-5-10(9)11-8/h1,3,5,7,9-12H,2,4,6,8H2;2-7H,1H3. The lowest BCUT2D eigenvalue weighted by Crippen LogP contribution is -2.02. The minimum atomic E-state index is 1.07. The van der Waals surface area contributed by atoms with E-state index < -0.39 is 0 Å². The van der Waals surface area contributed by atoms with Gasteiger partial charge < -0.3 is 0 Å². The quantitative estimate of drug-likeness (QED) is 0.257. The van der Waals surface area contributed by atoms with Crippen molar-refractivity contribution in [3.63, 3.8) is 0 Å². The van der Waals surface area contributed by atoms with Crippen LogP contribution in [0.25, 0.3) is 32.4 Å². The van der Waals surface area contributed by atoms with Gasteiger partial charge in [0, 0.05) is 11.1 Å². The van der Waals surface area contributed by atoms with E-state index in [1.54, 1.807) is 11.1 Å². The fourth-order valence-corrected chi connectivity index (χ4v) is 4.51. The van der Waals surface area contributed by atoms with Crippen LogP contribution < -0.4 is 0 Å². The molecular weight excluding hydrogens is 350 g/mol. The second-order valence-electron chi connectivity index (χ2n) is 7.94. The first kappa shape index (κ1) is 17.9. The third kappa shape index (κ3) is 3.49. The van der Waals surface area contributed by atoms with Gasteiger partial charge in [0.25, 0.3) is 0 Å². The van der Waals surface area contributed by atoms with Crippen LogP contribution in [-0.4, -0.2) is 4.98 Å². The molecular formula is C28H25N. The monoisotopic (exact) mass is 375 g/mol. The van der Waals surface area contributed by atoms with Crippen molar-refractivity contribution >= 4 is 32.4 Å². The minimum Gasteiger partial charge on any atom is -0.253 e. The van der Waals surface area contributed by atoms with Gasteiger partial charge >= 0.3 is 0 Å². The molecule has 5 aromatic rings. The lowest BCUT2D eigenvalue weighted by molar-refractivity contribution is 0.690. The average Bonchev–Trinajstić information content (AvgIpc) is 2.79. The normalized spacial score (nSPS) is 13.1. The molecule has 0 radical (unpaired) electrons. The number of para-hydroxylation sites is 1. The summed E-state index contributed by atoms with van der Waals surface area (Å²) in [7, 11) is 0. The van der Waals surface area contributed by atoms with Crippen LogP contribution in [-0.2, 0) is 12.8 Å². The molecule has 1 aromatic heterocycles. The number of aromatic nitrogens is 1. The van der Waals surface area contributed by atoms with Crippen molar-refractivity contribution in [3.8, 4) is 0 Å². The molecule has 0 N–H and O–H groups in total. The molecule has 0 aliphatic heterocycles. The van der Waals surface area contributed by atoms with Crippen LogP contribution in [0.5, 0.6) is 0 Å². The van der Waals surface area contributed by atoms with Crippen LogP contribution in [0.3, 0.4) is 0 Å². The highest BCUT2D eigenvalue weighted by molar-refractivity contribution is 6.08. The molecule has 1 aliphatic carbocycles. The summed E-state index contributed by atoms with van der Waals surface area (Å²) in [5.74, 6) is 0. The number of pyridine rings is 1. The number of benzene rings is 4. The molecule has 6 rings (SSSR count). The van der Waals surface area contributed by atoms with Crippen molar-refractivity contribution in [2.45, 2.75) is 32.6 Å². The van der Waals surface area contributed by atoms with Gasteiger partial charge in [0.05, 0.1) is 5.52 Å². The largest absolute Gasteiger partial charge is 0.253 e. The molecule has 0 saturated carbocycles. The van der Waals surface area contributed by atoms with Gasteiger partial charge in [0.15, 0.2) is 0 Å². The third-order valence-corrected chi connectivity index (χ3v) is 6.00. The molecule has 0 atom stereocenters. The summed E-state index contributed by atoms with van der Waals surface area (Å²) >= 11 is 0. The highest BCUT2D eigenvalue weighted by atomic mass is 14.7. The first-order chi connectivity index (χ1) is 14.3. The summed E-state index contributed by atoms with van der Waals surface area (Å²) in [6.07, 6.45) is 5.22. The molecule has 1 heteroatoms. The van der Waals surface area contributed by atoms with Gasteiger partial charge in [-0.1, -0.05) is 72.8 Å². The maximum atomic E-state index is 4.38. The summed E-state index contributed by atoms with van der Waals surface area (Å²) in [5.41, 5.74) is 5.32. The Morgan fingerprint density at radius 1 is 0.586 bits per heavy atom. The number of rotatable bonds is 0. The van der Waals surface area contributed by atoms with Crippen LogP contribution in [0.2, 0.25) is 0 Å². The lowest BCUT2D eigenvalue weighted by Gasteiger charge is -2.18. The smallest absolute Gasteiger partial charge is 0.0705 e. The van der Waals surface area contributed by atoms with Gasteiger partial charge in [-0.15, -0.1) is 0 Å². The van der Waals surface area contributed by atoms with Crippen LogP contribution in [0.1, 0.15) is 29.7 Å². The summed E-state index contributed by atoms with van der Waals surface area (Å²) in [6, 6.07) is 30.2. The zero-order chi connectivity index (χ0) is 19.6. The molecule has 1 heterocycles. The Morgan fingerprint density at radius 2 is 1.31 bits per heavy atom. The highest BCUT2D eigenvalue weighted by Gasteiger charge is 2.13. The maximum absolute atomic E-state index is 4.38. The molecule has 0 amide bonds. The Morgan fingerprint density at radius 3 is 2.24 bits per heavy atom. The Hall–Kier alpha value is -3.19. The average molecular weight is 376 g/mol. The molecule has 0 fully saturated rings. The van der Waals surface area contributed by atoms with Gasteiger partial charge in [-0.05, 0) is 77.4 Å². The molecule has 142 valence electrons. The molecule has 0 bridgehead atoms. The van der Waals surface area contributed by atoms with Crippen molar-refractivity contribution in [1.82, 2.24) is 4.98 Å². The molecule has 0 spiro atoms. The van der Waals surface area contributed by atoms with Crippen molar-refractivity contribution in [3.05, 3.63) is 102 Å². The Bertz CT molecular complexity index is 1320. The molecule has 1 aliphatic rings. The molecule has 0 saturated heterocycles. The predicted molar refractivity (Wildman–Crippen MR) is 125 cm³/mol. The van der Waals surface area contributed by atoms with E-state index in [4.69, 9.17) is 0 Å². The van der Waals surface area contributed by atoms with E-state index in [9.17, 15) is 0 Å². The fraction of sp³-hybridized carbons (Fsp3) is 0.179. The number of nitrogens with zero attached hydrogens (tertiary/aromatic N) is 1. The highest BCUT2D eigenvalue weighted by Crippen LogP contribution is 2.33. The summed E-state index contributed by atoms with van der Waals surface area (Å²) < 4.78 is 0. The first-order valence-corrected chi connectivity index (χ1v) is 10.5. The van der Waals surface area contributed by atoms with Crippen LogP contribution in [0, 0.1) is 6.92 Å². The summed E-state index contributed by atoms with van der Waals surface area (Å²) in [6.45, 7) is 2.01. The lowest BCUT2D eigenvalue weighted by atomic mass is 9.86. The zero-order valence-corrected chi connectivity index (χ0v) is 16.9. The number of fused-ring (bicyclic) bond motifs is 6. The Balaban J connectivity index is 0.000000142. The van der Waals surface area contributed by atoms with E-state index in [1.807, 2.05) is 31.2 Å². The van der Waals surface area contributed by atoms with E-state index in [0.29, 0.717) is 0 Å². The van der Waals surface area contributed by atoms with Gasteiger partial charge in [-0.25, -0.2) is 0 Å². The van der Waals surface area contributed by atoms with Gasteiger partial charge in [0.1, 0.15) is 0 Å². The van der Waals surface area contributed by atoms with E-state index in [0.717, 1.165) is 11.2 Å². The van der Waals surface area contributed by atoms with E-state index in [2.05, 4.69) is 65.6 Å². The van der Waals surface area contributed by atoms with Gasteiger partial charge in [-0.3, -0.25) is 4.98 Å². The number of aryl methyl sites for hydroxylation is 3. The van der Waals surface area contributed by atoms with Gasteiger partial charge in [0.2, 0.25) is 0 Å². The number of hydrogen-bond acceptors (Lipinski definition) is 1. The SMILES string of the molecule is Cc1ccc2ccccc2n1.c1ccc2c(c1)ccc1c3c(ccc12)CCCC3. The third-order valence-electron chi connectivity index (χ3n) is 6.00. The summed E-state index contributed by atoms with van der Waals surface area (Å²) in [5, 5.41) is 6.85. The van der Waals surface area contributed by atoms with Crippen molar-refractivity contribution in [2.24, 2.45) is 0 Å². The maximum Gasteiger partial charge on any atom is 0.0705 e. The predicted octanol–water partition coefficient (Wildman–Crippen LogP) is 7.42. The minimum absolute atomic E-state index is 1.07. The number of hydrogen-bond donors (Lipinski definition) is 0. The van der Waals surface area contributed by atoms with Crippen LogP contribution in [0.4, 0.5) is 0 Å². The molecule has 29 heavy (non-hydrogen) atoms.